The molecule has 1 atom stereocenters. The van der Waals surface area contributed by atoms with E-state index in [9.17, 15) is 19.9 Å². The fraction of sp³-hybridized carbons (Fsp3) is 0.267. The van der Waals surface area contributed by atoms with E-state index in [0.717, 1.165) is 5.56 Å². The van der Waals surface area contributed by atoms with Crippen LogP contribution in [0.25, 0.3) is 0 Å². The summed E-state index contributed by atoms with van der Waals surface area (Å²) < 4.78 is 14.4. The molecule has 5 N–H and O–H groups in total. The number of aliphatic hydroxyl groups is 2. The molecule has 23 heavy (non-hydrogen) atoms. The third-order valence-electron chi connectivity index (χ3n) is 3.40. The fourth-order valence-electron chi connectivity index (χ4n) is 2.36. The van der Waals surface area contributed by atoms with Gasteiger partial charge in [0.2, 0.25) is 0 Å². The number of rotatable bonds is 5. The van der Waals surface area contributed by atoms with Gasteiger partial charge >= 0.3 is 7.75 Å². The topological polar surface area (TPSA) is 131 Å². The lowest BCUT2D eigenvalue weighted by Gasteiger charge is -2.20. The van der Waals surface area contributed by atoms with Gasteiger partial charge in [0, 0.05) is 12.0 Å². The zero-order valence-corrected chi connectivity index (χ0v) is 13.1. The maximum atomic E-state index is 11.1. The third kappa shape index (κ3) is 5.04. The minimum atomic E-state index is -4.65. The highest BCUT2D eigenvalue weighted by molar-refractivity contribution is 7.50. The van der Waals surface area contributed by atoms with Gasteiger partial charge < -0.3 is 25.1 Å². The van der Waals surface area contributed by atoms with Crippen LogP contribution in [0.4, 0.5) is 0 Å². The summed E-state index contributed by atoms with van der Waals surface area (Å²) in [6.07, 6.45) is 2.60. The number of phenolic OH excluding ortho intramolecular Hbond substituents is 1. The number of phenols is 1. The van der Waals surface area contributed by atoms with Crippen LogP contribution in [0.1, 0.15) is 18.4 Å². The van der Waals surface area contributed by atoms with Crippen molar-refractivity contribution in [2.75, 3.05) is 0 Å². The van der Waals surface area contributed by atoms with E-state index in [-0.39, 0.29) is 35.6 Å². The molecule has 1 aliphatic carbocycles. The largest absolute Gasteiger partial charge is 0.508 e. The number of hydrogen-bond acceptors (Lipinski definition) is 4. The summed E-state index contributed by atoms with van der Waals surface area (Å²) >= 11 is 0. The molecule has 0 spiro atoms. The Kier molecular flexibility index (Phi) is 5.38. The fourth-order valence-corrected chi connectivity index (χ4v) is 2.86. The van der Waals surface area contributed by atoms with Crippen LogP contribution in [0.5, 0.6) is 5.75 Å². The van der Waals surface area contributed by atoms with Crippen LogP contribution >= 0.6 is 7.75 Å². The summed E-state index contributed by atoms with van der Waals surface area (Å²) in [6.45, 7) is 0. The maximum Gasteiger partial charge on any atom is 0.448 e. The van der Waals surface area contributed by atoms with E-state index in [1.54, 1.807) is 12.1 Å². The standard InChI is InChI=1S/C15H18NO6P/c17-11-7-4-10(5-8-11)6-9-14(19)15-12(16-23(20,21)22)2-1-3-13(15)18/h1,3-5,7-8,14,17-19H,2,6,9H2,(H2,20,21,22). The predicted molar refractivity (Wildman–Crippen MR) is 85.3 cm³/mol. The number of nitrogens with zero attached hydrogens (tertiary/aromatic N) is 1. The second kappa shape index (κ2) is 7.10. The van der Waals surface area contributed by atoms with E-state index in [4.69, 9.17) is 9.79 Å². The van der Waals surface area contributed by atoms with Crippen molar-refractivity contribution in [1.82, 2.24) is 0 Å². The number of aromatic hydroxyl groups is 1. The first-order chi connectivity index (χ1) is 10.8. The van der Waals surface area contributed by atoms with Crippen LogP contribution in [0.3, 0.4) is 0 Å². The molecule has 1 unspecified atom stereocenters. The summed E-state index contributed by atoms with van der Waals surface area (Å²) in [6, 6.07) is 6.48. The Balaban J connectivity index is 2.16. The summed E-state index contributed by atoms with van der Waals surface area (Å²) in [5.74, 6) is -0.107. The molecular weight excluding hydrogens is 321 g/mol. The van der Waals surface area contributed by atoms with Crippen molar-refractivity contribution in [1.29, 1.82) is 0 Å². The van der Waals surface area contributed by atoms with Gasteiger partial charge in [-0.05, 0) is 36.6 Å². The molecule has 0 heterocycles. The lowest BCUT2D eigenvalue weighted by molar-refractivity contribution is 0.200. The number of hydrogen-bond donors (Lipinski definition) is 5. The number of allylic oxidation sites excluding steroid dienone is 2. The number of aryl methyl sites for hydroxylation is 1. The molecule has 1 aromatic rings. The highest BCUT2D eigenvalue weighted by atomic mass is 31.2. The molecule has 0 radical (unpaired) electrons. The first-order valence-corrected chi connectivity index (χ1v) is 8.53. The van der Waals surface area contributed by atoms with Gasteiger partial charge in [0.25, 0.3) is 0 Å². The maximum absolute atomic E-state index is 11.1. The molecule has 124 valence electrons. The zero-order chi connectivity index (χ0) is 17.0. The van der Waals surface area contributed by atoms with Crippen LogP contribution in [0.15, 0.2) is 52.5 Å². The molecule has 0 saturated carbocycles. The molecule has 0 saturated heterocycles. The molecule has 7 nitrogen and oxygen atoms in total. The summed E-state index contributed by atoms with van der Waals surface area (Å²) in [7, 11) is -4.65. The lowest BCUT2D eigenvalue weighted by atomic mass is 9.92. The minimum Gasteiger partial charge on any atom is -0.508 e. The lowest BCUT2D eigenvalue weighted by Crippen LogP contribution is -2.22. The van der Waals surface area contributed by atoms with E-state index in [2.05, 4.69) is 4.76 Å². The van der Waals surface area contributed by atoms with Gasteiger partial charge in [-0.25, -0.2) is 4.57 Å². The predicted octanol–water partition coefficient (Wildman–Crippen LogP) is 1.99. The highest BCUT2D eigenvalue weighted by Crippen LogP contribution is 2.38. The highest BCUT2D eigenvalue weighted by Gasteiger charge is 2.25. The number of benzene rings is 1. The van der Waals surface area contributed by atoms with Crippen molar-refractivity contribution in [3.8, 4) is 5.75 Å². The molecule has 0 bridgehead atoms. The zero-order valence-electron chi connectivity index (χ0n) is 12.2. The van der Waals surface area contributed by atoms with Gasteiger partial charge in [0.15, 0.2) is 0 Å². The van der Waals surface area contributed by atoms with Crippen molar-refractivity contribution < 1.29 is 29.7 Å². The average molecular weight is 339 g/mol. The van der Waals surface area contributed by atoms with Crippen molar-refractivity contribution >= 4 is 13.5 Å². The molecule has 1 aliphatic rings. The first-order valence-electron chi connectivity index (χ1n) is 6.97. The monoisotopic (exact) mass is 339 g/mol. The minimum absolute atomic E-state index is 0.0171. The van der Waals surface area contributed by atoms with Crippen molar-refractivity contribution in [3.05, 3.63) is 53.3 Å². The third-order valence-corrected chi connectivity index (χ3v) is 3.90. The molecule has 2 rings (SSSR count). The molecule has 8 heteroatoms. The average Bonchev–Trinajstić information content (AvgIpc) is 2.45. The molecular formula is C15H18NO6P. The second-order valence-corrected chi connectivity index (χ2v) is 6.41. The molecule has 0 aromatic heterocycles. The normalized spacial score (nSPS) is 18.5. The van der Waals surface area contributed by atoms with Gasteiger partial charge in [0.05, 0.1) is 11.8 Å². The van der Waals surface area contributed by atoms with Crippen molar-refractivity contribution in [3.63, 3.8) is 0 Å². The van der Waals surface area contributed by atoms with E-state index >= 15 is 0 Å². The summed E-state index contributed by atoms with van der Waals surface area (Å²) in [5, 5.41) is 29.4. The Bertz CT molecular complexity index is 701. The van der Waals surface area contributed by atoms with Crippen molar-refractivity contribution in [2.45, 2.75) is 25.4 Å². The van der Waals surface area contributed by atoms with E-state index < -0.39 is 13.9 Å². The molecule has 0 aliphatic heterocycles. The SMILES string of the molecule is O=P(O)(O)N=C1CC=CC(O)=C1C(O)CCc1ccc(O)cc1. The van der Waals surface area contributed by atoms with E-state index in [1.807, 2.05) is 0 Å². The van der Waals surface area contributed by atoms with Crippen LogP contribution in [-0.2, 0) is 11.0 Å². The van der Waals surface area contributed by atoms with Crippen LogP contribution in [0, 0.1) is 0 Å². The Labute approximate surface area is 133 Å². The number of aliphatic hydroxyl groups excluding tert-OH is 2. The Morgan fingerprint density at radius 3 is 2.43 bits per heavy atom. The molecule has 1 aromatic carbocycles. The summed E-state index contributed by atoms with van der Waals surface area (Å²) in [5.41, 5.74) is 0.896. The first kappa shape index (κ1) is 17.4. The summed E-state index contributed by atoms with van der Waals surface area (Å²) in [4.78, 5) is 18.0. The van der Waals surface area contributed by atoms with Gasteiger partial charge in [-0.2, -0.15) is 4.76 Å². The van der Waals surface area contributed by atoms with Crippen LogP contribution in [0.2, 0.25) is 0 Å². The smallest absolute Gasteiger partial charge is 0.448 e. The van der Waals surface area contributed by atoms with Gasteiger partial charge in [-0.1, -0.05) is 18.2 Å². The quantitative estimate of drug-likeness (QED) is 0.522. The Hall–Kier alpha value is -1.92. The van der Waals surface area contributed by atoms with Gasteiger partial charge in [-0.15, -0.1) is 0 Å². The van der Waals surface area contributed by atoms with Gasteiger partial charge in [0.1, 0.15) is 11.5 Å². The van der Waals surface area contributed by atoms with Crippen LogP contribution < -0.4 is 0 Å². The van der Waals surface area contributed by atoms with Crippen LogP contribution in [-0.4, -0.2) is 36.9 Å². The van der Waals surface area contributed by atoms with E-state index in [1.165, 1.54) is 24.3 Å². The molecule has 0 fully saturated rings. The van der Waals surface area contributed by atoms with Crippen molar-refractivity contribution in [2.24, 2.45) is 4.76 Å². The van der Waals surface area contributed by atoms with E-state index in [0.29, 0.717) is 6.42 Å². The Morgan fingerprint density at radius 1 is 1.17 bits per heavy atom. The van der Waals surface area contributed by atoms with Gasteiger partial charge in [-0.3, -0.25) is 0 Å². The second-order valence-electron chi connectivity index (χ2n) is 5.19. The Morgan fingerprint density at radius 2 is 1.83 bits per heavy atom. The molecule has 0 amide bonds.